The monoisotopic (exact) mass is 247 g/mol. The third-order valence-corrected chi connectivity index (χ3v) is 3.23. The molecule has 0 aliphatic carbocycles. The van der Waals surface area contributed by atoms with E-state index >= 15 is 0 Å². The Morgan fingerprint density at radius 3 is 3.20 bits per heavy atom. The molecule has 1 saturated heterocycles. The molecule has 4 nitrogen and oxygen atoms in total. The lowest BCUT2D eigenvalue weighted by Crippen LogP contribution is -2.52. The van der Waals surface area contributed by atoms with Gasteiger partial charge in [0.2, 0.25) is 5.91 Å². The lowest BCUT2D eigenvalue weighted by atomic mass is 10.4. The molecule has 1 rings (SSSR count). The van der Waals surface area contributed by atoms with Gasteiger partial charge in [0, 0.05) is 19.6 Å². The van der Waals surface area contributed by atoms with Crippen molar-refractivity contribution in [3.63, 3.8) is 0 Å². The number of carbonyl (C=O) groups excluding carboxylic acids is 1. The molecule has 1 aliphatic heterocycles. The van der Waals surface area contributed by atoms with Gasteiger partial charge in [0.1, 0.15) is 0 Å². The highest BCUT2D eigenvalue weighted by Crippen LogP contribution is 1.96. The number of nitrogens with one attached hydrogen (secondary N) is 2. The maximum atomic E-state index is 11.1. The average molecular weight is 247 g/mol. The maximum Gasteiger partial charge on any atom is 0.239 e. The van der Waals surface area contributed by atoms with Crippen LogP contribution in [0, 0.1) is 0 Å². The van der Waals surface area contributed by atoms with Gasteiger partial charge in [0.05, 0.1) is 6.54 Å². The highest BCUT2D eigenvalue weighted by atomic mass is 32.2. The minimum absolute atomic E-state index is 0.0505. The van der Waals surface area contributed by atoms with E-state index in [2.05, 4.69) is 16.9 Å². The SMILES string of the molecule is CSCCCNC(=S)N1CCNC(=O)C1. The van der Waals surface area contributed by atoms with Crippen LogP contribution in [0.15, 0.2) is 0 Å². The van der Waals surface area contributed by atoms with E-state index in [1.165, 1.54) is 0 Å². The normalized spacial score (nSPS) is 16.1. The lowest BCUT2D eigenvalue weighted by molar-refractivity contribution is -0.122. The van der Waals surface area contributed by atoms with Crippen molar-refractivity contribution in [2.75, 3.05) is 38.2 Å². The molecule has 0 radical (unpaired) electrons. The molecule has 0 atom stereocenters. The zero-order valence-electron chi connectivity index (χ0n) is 8.91. The number of amides is 1. The molecule has 1 fully saturated rings. The molecule has 15 heavy (non-hydrogen) atoms. The maximum absolute atomic E-state index is 11.1. The van der Waals surface area contributed by atoms with E-state index in [0.29, 0.717) is 18.2 Å². The molecule has 0 saturated carbocycles. The van der Waals surface area contributed by atoms with Crippen LogP contribution in [0.3, 0.4) is 0 Å². The minimum Gasteiger partial charge on any atom is -0.363 e. The van der Waals surface area contributed by atoms with Gasteiger partial charge in [-0.15, -0.1) is 0 Å². The summed E-state index contributed by atoms with van der Waals surface area (Å²) in [5.74, 6) is 1.19. The van der Waals surface area contributed by atoms with E-state index in [-0.39, 0.29) is 5.91 Å². The number of piperazine rings is 1. The second-order valence-electron chi connectivity index (χ2n) is 3.35. The molecule has 2 N–H and O–H groups in total. The first-order valence-electron chi connectivity index (χ1n) is 5.02. The quantitative estimate of drug-likeness (QED) is 0.543. The van der Waals surface area contributed by atoms with E-state index in [1.54, 1.807) is 0 Å². The van der Waals surface area contributed by atoms with Gasteiger partial charge in [-0.25, -0.2) is 0 Å². The van der Waals surface area contributed by atoms with Crippen LogP contribution in [0.1, 0.15) is 6.42 Å². The lowest BCUT2D eigenvalue weighted by Gasteiger charge is -2.29. The van der Waals surface area contributed by atoms with Gasteiger partial charge in [0.15, 0.2) is 5.11 Å². The van der Waals surface area contributed by atoms with Crippen LogP contribution in [0.2, 0.25) is 0 Å². The van der Waals surface area contributed by atoms with Crippen molar-refractivity contribution in [1.29, 1.82) is 0 Å². The summed E-state index contributed by atoms with van der Waals surface area (Å²) < 4.78 is 0. The molecular weight excluding hydrogens is 230 g/mol. The molecule has 0 unspecified atom stereocenters. The molecule has 1 heterocycles. The standard InChI is InChI=1S/C9H17N3OS2/c1-15-6-2-3-11-9(14)12-5-4-10-8(13)7-12/h2-7H2,1H3,(H,10,13)(H,11,14). The topological polar surface area (TPSA) is 44.4 Å². The largest absolute Gasteiger partial charge is 0.363 e. The van der Waals surface area contributed by atoms with E-state index in [4.69, 9.17) is 12.2 Å². The highest BCUT2D eigenvalue weighted by Gasteiger charge is 2.17. The molecule has 0 aromatic heterocycles. The Balaban J connectivity index is 2.18. The van der Waals surface area contributed by atoms with Crippen LogP contribution in [0.4, 0.5) is 0 Å². The number of thioether (sulfide) groups is 1. The third-order valence-electron chi connectivity index (χ3n) is 2.13. The van der Waals surface area contributed by atoms with E-state index in [1.807, 2.05) is 16.7 Å². The first kappa shape index (κ1) is 12.6. The van der Waals surface area contributed by atoms with Crippen LogP contribution in [0.25, 0.3) is 0 Å². The number of carbonyl (C=O) groups is 1. The Labute approximate surface area is 100 Å². The molecule has 1 amide bonds. The Morgan fingerprint density at radius 2 is 2.53 bits per heavy atom. The van der Waals surface area contributed by atoms with Crippen LogP contribution < -0.4 is 10.6 Å². The summed E-state index contributed by atoms with van der Waals surface area (Å²) in [4.78, 5) is 13.0. The molecule has 0 aromatic rings. The Kier molecular flexibility index (Phi) is 5.78. The van der Waals surface area contributed by atoms with Crippen molar-refractivity contribution in [2.24, 2.45) is 0 Å². The summed E-state index contributed by atoms with van der Waals surface area (Å²) in [6.45, 7) is 2.76. The second-order valence-corrected chi connectivity index (χ2v) is 4.72. The molecule has 0 aromatic carbocycles. The van der Waals surface area contributed by atoms with Crippen molar-refractivity contribution < 1.29 is 4.79 Å². The number of hydrogen-bond donors (Lipinski definition) is 2. The third kappa shape index (κ3) is 4.70. The van der Waals surface area contributed by atoms with Crippen molar-refractivity contribution in [2.45, 2.75) is 6.42 Å². The first-order chi connectivity index (χ1) is 7.24. The first-order valence-corrected chi connectivity index (χ1v) is 6.82. The molecule has 1 aliphatic rings. The highest BCUT2D eigenvalue weighted by molar-refractivity contribution is 7.98. The fourth-order valence-corrected chi connectivity index (χ4v) is 2.03. The van der Waals surface area contributed by atoms with Crippen molar-refractivity contribution in [3.8, 4) is 0 Å². The van der Waals surface area contributed by atoms with Gasteiger partial charge < -0.3 is 15.5 Å². The Hall–Kier alpha value is -0.490. The fraction of sp³-hybridized carbons (Fsp3) is 0.778. The number of rotatable bonds is 4. The summed E-state index contributed by atoms with van der Waals surface area (Å²) in [6, 6.07) is 0. The smallest absolute Gasteiger partial charge is 0.239 e. The van der Waals surface area contributed by atoms with Crippen LogP contribution in [-0.4, -0.2) is 54.1 Å². The zero-order valence-corrected chi connectivity index (χ0v) is 10.5. The van der Waals surface area contributed by atoms with Gasteiger partial charge in [-0.3, -0.25) is 4.79 Å². The zero-order chi connectivity index (χ0) is 11.1. The van der Waals surface area contributed by atoms with Crippen molar-refractivity contribution in [1.82, 2.24) is 15.5 Å². The average Bonchev–Trinajstić information content (AvgIpc) is 2.24. The number of nitrogens with zero attached hydrogens (tertiary/aromatic N) is 1. The van der Waals surface area contributed by atoms with E-state index in [0.717, 1.165) is 25.3 Å². The summed E-state index contributed by atoms with van der Waals surface area (Å²) in [6.07, 6.45) is 3.19. The van der Waals surface area contributed by atoms with Gasteiger partial charge in [-0.2, -0.15) is 11.8 Å². The summed E-state index contributed by atoms with van der Waals surface area (Å²) in [5, 5.41) is 6.64. The second kappa shape index (κ2) is 6.90. The van der Waals surface area contributed by atoms with Crippen LogP contribution in [0.5, 0.6) is 0 Å². The molecule has 6 heteroatoms. The minimum atomic E-state index is 0.0505. The van der Waals surface area contributed by atoms with Gasteiger partial charge >= 0.3 is 0 Å². The van der Waals surface area contributed by atoms with Gasteiger partial charge in [-0.05, 0) is 30.6 Å². The molecule has 0 bridgehead atoms. The van der Waals surface area contributed by atoms with Crippen molar-refractivity contribution in [3.05, 3.63) is 0 Å². The number of hydrogen-bond acceptors (Lipinski definition) is 3. The summed E-state index contributed by atoms with van der Waals surface area (Å²) >= 11 is 7.03. The van der Waals surface area contributed by atoms with E-state index < -0.39 is 0 Å². The van der Waals surface area contributed by atoms with Gasteiger partial charge in [-0.1, -0.05) is 0 Å². The van der Waals surface area contributed by atoms with E-state index in [9.17, 15) is 4.79 Å². The predicted molar refractivity (Wildman–Crippen MR) is 68.2 cm³/mol. The predicted octanol–water partition coefficient (Wildman–Crippen LogP) is 0.0458. The fourth-order valence-electron chi connectivity index (χ4n) is 1.34. The van der Waals surface area contributed by atoms with Crippen LogP contribution in [-0.2, 0) is 4.79 Å². The molecule has 0 spiro atoms. The number of thiocarbonyl (C=S) groups is 1. The molecule has 86 valence electrons. The Morgan fingerprint density at radius 1 is 1.73 bits per heavy atom. The van der Waals surface area contributed by atoms with Gasteiger partial charge in [0.25, 0.3) is 0 Å². The Bertz CT molecular complexity index is 235. The summed E-state index contributed by atoms with van der Waals surface area (Å²) in [7, 11) is 0. The molecular formula is C9H17N3OS2. The van der Waals surface area contributed by atoms with Crippen molar-refractivity contribution >= 4 is 35.0 Å². The summed E-state index contributed by atoms with van der Waals surface area (Å²) in [5.41, 5.74) is 0. The van der Waals surface area contributed by atoms with Crippen LogP contribution >= 0.6 is 24.0 Å².